The van der Waals surface area contributed by atoms with E-state index in [1.54, 1.807) is 0 Å². The molecule has 3 nitrogen and oxygen atoms in total. The minimum atomic E-state index is 0.151. The molecule has 0 bridgehead atoms. The maximum absolute atomic E-state index is 11.1. The van der Waals surface area contributed by atoms with Gasteiger partial charge in [0.25, 0.3) is 0 Å². The number of hydrogen-bond acceptors (Lipinski definition) is 2. The first kappa shape index (κ1) is 12.4. The van der Waals surface area contributed by atoms with Crippen LogP contribution in [0.2, 0.25) is 0 Å². The van der Waals surface area contributed by atoms with Crippen LogP contribution in [0.15, 0.2) is 0 Å². The van der Waals surface area contributed by atoms with Crippen LogP contribution in [0.5, 0.6) is 0 Å². The molecule has 0 heterocycles. The zero-order valence-electron chi connectivity index (χ0n) is 9.02. The standard InChI is InChI=1S/C10H22N2O/c1-4-7-12-10(13)6-8-11-9(3)5-2/h9,11H,4-8H2,1-3H3,(H,12,13). The second-order valence-corrected chi connectivity index (χ2v) is 3.36. The van der Waals surface area contributed by atoms with Gasteiger partial charge in [-0.2, -0.15) is 0 Å². The molecule has 0 aromatic rings. The van der Waals surface area contributed by atoms with Crippen molar-refractivity contribution in [1.29, 1.82) is 0 Å². The van der Waals surface area contributed by atoms with Gasteiger partial charge in [0.15, 0.2) is 0 Å². The first-order valence-electron chi connectivity index (χ1n) is 5.20. The Morgan fingerprint density at radius 2 is 2.00 bits per heavy atom. The van der Waals surface area contributed by atoms with Crippen LogP contribution >= 0.6 is 0 Å². The third-order valence-electron chi connectivity index (χ3n) is 2.03. The van der Waals surface area contributed by atoms with E-state index in [-0.39, 0.29) is 5.91 Å². The molecule has 78 valence electrons. The Bertz CT molecular complexity index is 137. The van der Waals surface area contributed by atoms with Crippen molar-refractivity contribution in [2.24, 2.45) is 0 Å². The molecule has 0 aliphatic carbocycles. The highest BCUT2D eigenvalue weighted by Crippen LogP contribution is 1.88. The fourth-order valence-corrected chi connectivity index (χ4v) is 0.929. The van der Waals surface area contributed by atoms with E-state index in [0.29, 0.717) is 12.5 Å². The molecule has 0 saturated heterocycles. The Kier molecular flexibility index (Phi) is 7.69. The Morgan fingerprint density at radius 1 is 1.31 bits per heavy atom. The van der Waals surface area contributed by atoms with E-state index in [9.17, 15) is 4.79 Å². The first-order valence-corrected chi connectivity index (χ1v) is 5.20. The number of carbonyl (C=O) groups is 1. The predicted molar refractivity (Wildman–Crippen MR) is 55.7 cm³/mol. The second kappa shape index (κ2) is 8.05. The second-order valence-electron chi connectivity index (χ2n) is 3.36. The van der Waals surface area contributed by atoms with Gasteiger partial charge in [0.1, 0.15) is 0 Å². The van der Waals surface area contributed by atoms with Gasteiger partial charge in [-0.25, -0.2) is 0 Å². The molecule has 0 fully saturated rings. The van der Waals surface area contributed by atoms with Crippen LogP contribution in [0.25, 0.3) is 0 Å². The van der Waals surface area contributed by atoms with Crippen molar-refractivity contribution in [3.8, 4) is 0 Å². The smallest absolute Gasteiger partial charge is 0.221 e. The van der Waals surface area contributed by atoms with Crippen molar-refractivity contribution in [2.45, 2.75) is 46.1 Å². The van der Waals surface area contributed by atoms with Gasteiger partial charge < -0.3 is 10.6 Å². The molecular weight excluding hydrogens is 164 g/mol. The van der Waals surface area contributed by atoms with Crippen molar-refractivity contribution >= 4 is 5.91 Å². The van der Waals surface area contributed by atoms with Crippen LogP contribution in [0.3, 0.4) is 0 Å². The Hall–Kier alpha value is -0.570. The van der Waals surface area contributed by atoms with Crippen molar-refractivity contribution in [2.75, 3.05) is 13.1 Å². The highest BCUT2D eigenvalue weighted by atomic mass is 16.1. The summed E-state index contributed by atoms with van der Waals surface area (Å²) in [5, 5.41) is 6.12. The fraction of sp³-hybridized carbons (Fsp3) is 0.900. The lowest BCUT2D eigenvalue weighted by Crippen LogP contribution is -2.31. The third-order valence-corrected chi connectivity index (χ3v) is 2.03. The first-order chi connectivity index (χ1) is 6.20. The molecule has 0 aliphatic heterocycles. The molecule has 0 aromatic heterocycles. The molecule has 0 saturated carbocycles. The minimum absolute atomic E-state index is 0.151. The molecule has 13 heavy (non-hydrogen) atoms. The summed E-state index contributed by atoms with van der Waals surface area (Å²) >= 11 is 0. The van der Waals surface area contributed by atoms with E-state index in [1.807, 2.05) is 0 Å². The van der Waals surface area contributed by atoms with Crippen molar-refractivity contribution in [3.63, 3.8) is 0 Å². The molecule has 0 spiro atoms. The number of hydrogen-bond donors (Lipinski definition) is 2. The molecule has 1 atom stereocenters. The Balaban J connectivity index is 3.26. The van der Waals surface area contributed by atoms with Crippen LogP contribution in [-0.2, 0) is 4.79 Å². The summed E-state index contributed by atoms with van der Waals surface area (Å²) < 4.78 is 0. The van der Waals surface area contributed by atoms with Crippen LogP contribution in [0.4, 0.5) is 0 Å². The zero-order valence-corrected chi connectivity index (χ0v) is 9.02. The molecule has 0 rings (SSSR count). The molecule has 0 radical (unpaired) electrons. The Labute approximate surface area is 81.3 Å². The van der Waals surface area contributed by atoms with Gasteiger partial charge in [-0.05, 0) is 19.8 Å². The van der Waals surface area contributed by atoms with Gasteiger partial charge in [-0.1, -0.05) is 13.8 Å². The molecule has 0 aromatic carbocycles. The summed E-state index contributed by atoms with van der Waals surface area (Å²) in [6, 6.07) is 0.513. The SMILES string of the molecule is CCCNC(=O)CCNC(C)CC. The lowest BCUT2D eigenvalue weighted by molar-refractivity contribution is -0.121. The van der Waals surface area contributed by atoms with E-state index < -0.39 is 0 Å². The summed E-state index contributed by atoms with van der Waals surface area (Å²) in [6.45, 7) is 7.89. The van der Waals surface area contributed by atoms with Crippen molar-refractivity contribution < 1.29 is 4.79 Å². The van der Waals surface area contributed by atoms with Gasteiger partial charge in [0.2, 0.25) is 5.91 Å². The predicted octanol–water partition coefficient (Wildman–Crippen LogP) is 1.29. The normalized spacial score (nSPS) is 12.5. The maximum Gasteiger partial charge on any atom is 0.221 e. The number of carbonyl (C=O) groups excluding carboxylic acids is 1. The van der Waals surface area contributed by atoms with Crippen molar-refractivity contribution in [3.05, 3.63) is 0 Å². The largest absolute Gasteiger partial charge is 0.356 e. The summed E-state index contributed by atoms with van der Waals surface area (Å²) in [5.41, 5.74) is 0. The summed E-state index contributed by atoms with van der Waals surface area (Å²) in [5.74, 6) is 0.151. The average molecular weight is 186 g/mol. The van der Waals surface area contributed by atoms with E-state index in [4.69, 9.17) is 0 Å². The van der Waals surface area contributed by atoms with Gasteiger partial charge >= 0.3 is 0 Å². The third kappa shape index (κ3) is 7.78. The van der Waals surface area contributed by atoms with E-state index >= 15 is 0 Å². The van der Waals surface area contributed by atoms with Gasteiger partial charge in [-0.15, -0.1) is 0 Å². The van der Waals surface area contributed by atoms with Gasteiger partial charge in [0, 0.05) is 25.6 Å². The van der Waals surface area contributed by atoms with Crippen LogP contribution in [0.1, 0.15) is 40.0 Å². The van der Waals surface area contributed by atoms with Crippen LogP contribution in [0, 0.1) is 0 Å². The number of amides is 1. The van der Waals surface area contributed by atoms with Gasteiger partial charge in [-0.3, -0.25) is 4.79 Å². The minimum Gasteiger partial charge on any atom is -0.356 e. The fourth-order valence-electron chi connectivity index (χ4n) is 0.929. The number of nitrogens with one attached hydrogen (secondary N) is 2. The van der Waals surface area contributed by atoms with E-state index in [0.717, 1.165) is 25.9 Å². The molecular formula is C10H22N2O. The topological polar surface area (TPSA) is 41.1 Å². The van der Waals surface area contributed by atoms with E-state index in [1.165, 1.54) is 0 Å². The van der Waals surface area contributed by atoms with Crippen molar-refractivity contribution in [1.82, 2.24) is 10.6 Å². The van der Waals surface area contributed by atoms with Crippen LogP contribution in [-0.4, -0.2) is 25.0 Å². The lowest BCUT2D eigenvalue weighted by Gasteiger charge is -2.10. The molecule has 0 aliphatic rings. The van der Waals surface area contributed by atoms with Crippen LogP contribution < -0.4 is 10.6 Å². The van der Waals surface area contributed by atoms with E-state index in [2.05, 4.69) is 31.4 Å². The lowest BCUT2D eigenvalue weighted by atomic mass is 10.2. The summed E-state index contributed by atoms with van der Waals surface area (Å²) in [6.07, 6.45) is 2.70. The molecule has 3 heteroatoms. The summed E-state index contributed by atoms with van der Waals surface area (Å²) in [7, 11) is 0. The highest BCUT2D eigenvalue weighted by Gasteiger charge is 2.01. The zero-order chi connectivity index (χ0) is 10.1. The highest BCUT2D eigenvalue weighted by molar-refractivity contribution is 5.75. The average Bonchev–Trinajstić information content (AvgIpc) is 2.14. The molecule has 1 unspecified atom stereocenters. The molecule has 2 N–H and O–H groups in total. The van der Waals surface area contributed by atoms with Gasteiger partial charge in [0.05, 0.1) is 0 Å². The quantitative estimate of drug-likeness (QED) is 0.629. The number of rotatable bonds is 7. The summed E-state index contributed by atoms with van der Waals surface area (Å²) in [4.78, 5) is 11.1. The maximum atomic E-state index is 11.1. The monoisotopic (exact) mass is 186 g/mol. The Morgan fingerprint density at radius 3 is 2.54 bits per heavy atom. The molecule has 1 amide bonds.